The summed E-state index contributed by atoms with van der Waals surface area (Å²) in [6, 6.07) is 7.71. The molecule has 200 valence electrons. The molecule has 0 aliphatic carbocycles. The number of aliphatic hydroxyl groups excluding tert-OH is 2. The smallest absolute Gasteiger partial charge is 0.303 e. The number of anilines is 2. The highest BCUT2D eigenvalue weighted by Crippen LogP contribution is 2.32. The first kappa shape index (κ1) is 28.1. The van der Waals surface area contributed by atoms with Crippen LogP contribution in [0.3, 0.4) is 0 Å². The first-order valence-corrected chi connectivity index (χ1v) is 11.6. The number of nitrogens with zero attached hydrogens (tertiary/aromatic N) is 4. The van der Waals surface area contributed by atoms with Gasteiger partial charge in [-0.05, 0) is 30.9 Å². The van der Waals surface area contributed by atoms with Crippen molar-refractivity contribution in [3.8, 4) is 0 Å². The minimum absolute atomic E-state index is 0. The van der Waals surface area contributed by atoms with Gasteiger partial charge in [0.1, 0.15) is 17.7 Å². The van der Waals surface area contributed by atoms with Gasteiger partial charge in [-0.3, -0.25) is 14.2 Å². The van der Waals surface area contributed by atoms with Crippen LogP contribution in [-0.2, 0) is 27.2 Å². The monoisotopic (exact) mass is 534 g/mol. The summed E-state index contributed by atoms with van der Waals surface area (Å²) in [5.74, 6) is -0.985. The second-order valence-electron chi connectivity index (χ2n) is 8.47. The van der Waals surface area contributed by atoms with Crippen LogP contribution in [0.1, 0.15) is 30.7 Å². The molecule has 13 nitrogen and oxygen atoms in total. The Hall–Kier alpha value is -3.52. The number of aliphatic carboxylic acids is 1. The number of likely N-dealkylation sites (N-methyl/N-ethyl adjacent to an activating group) is 1. The minimum Gasteiger partial charge on any atom is -1.00 e. The predicted molar refractivity (Wildman–Crippen MR) is 129 cm³/mol. The van der Waals surface area contributed by atoms with E-state index in [4.69, 9.17) is 15.6 Å². The third-order valence-electron chi connectivity index (χ3n) is 5.92. The maximum Gasteiger partial charge on any atom is 0.303 e. The van der Waals surface area contributed by atoms with Crippen molar-refractivity contribution >= 4 is 34.8 Å². The zero-order valence-electron chi connectivity index (χ0n) is 20.0. The van der Waals surface area contributed by atoms with E-state index in [1.54, 1.807) is 6.92 Å². The summed E-state index contributed by atoms with van der Waals surface area (Å²) in [6.07, 6.45) is -2.56. The number of fused-ring (bicyclic) bond motifs is 1. The topological polar surface area (TPSA) is 198 Å². The average molecular weight is 535 g/mol. The Morgan fingerprint density at radius 1 is 1.11 bits per heavy atom. The number of aliphatic hydroxyl groups is 2. The van der Waals surface area contributed by atoms with Crippen molar-refractivity contribution in [2.24, 2.45) is 0 Å². The van der Waals surface area contributed by atoms with E-state index in [9.17, 15) is 19.8 Å². The molecule has 4 atom stereocenters. The molecule has 1 saturated heterocycles. The quantitative estimate of drug-likeness (QED) is 0.153. The van der Waals surface area contributed by atoms with Gasteiger partial charge in [0.2, 0.25) is 5.95 Å². The van der Waals surface area contributed by atoms with E-state index < -0.39 is 36.4 Å². The van der Waals surface area contributed by atoms with Gasteiger partial charge in [0.25, 0.3) is 5.91 Å². The van der Waals surface area contributed by atoms with Crippen LogP contribution in [0, 0.1) is 0 Å². The van der Waals surface area contributed by atoms with Gasteiger partial charge in [-0.25, -0.2) is 4.98 Å². The molecule has 2 aromatic heterocycles. The fraction of sp³-hybridized carbons (Fsp3) is 0.435. The van der Waals surface area contributed by atoms with Crippen LogP contribution in [0.4, 0.5) is 11.8 Å². The Bertz CT molecular complexity index is 1240. The maximum atomic E-state index is 12.2. The highest BCUT2D eigenvalue weighted by atomic mass is 35.5. The van der Waals surface area contributed by atoms with Gasteiger partial charge < -0.3 is 48.8 Å². The number of aryl methyl sites for hydroxylation is 1. The molecule has 1 aliphatic heterocycles. The van der Waals surface area contributed by atoms with Crippen molar-refractivity contribution in [2.45, 2.75) is 50.7 Å². The maximum absolute atomic E-state index is 12.2. The summed E-state index contributed by atoms with van der Waals surface area (Å²) < 4.78 is 7.09. The van der Waals surface area contributed by atoms with Crippen molar-refractivity contribution in [1.29, 1.82) is 0 Å². The second-order valence-corrected chi connectivity index (χ2v) is 8.47. The molecule has 14 heteroatoms. The van der Waals surface area contributed by atoms with E-state index in [-0.39, 0.29) is 36.2 Å². The van der Waals surface area contributed by atoms with Crippen molar-refractivity contribution in [1.82, 2.24) is 24.8 Å². The number of nitrogens with one attached hydrogen (secondary N) is 2. The predicted octanol–water partition coefficient (Wildman–Crippen LogP) is -3.16. The lowest BCUT2D eigenvalue weighted by atomic mass is 10.1. The molecule has 1 fully saturated rings. The Kier molecular flexibility index (Phi) is 9.21. The SMILES string of the molecule is CCNC(=O)[C@H]1O[C@@H](n2cnc3c(N)nc(NCCc4ccc(CCC(=O)O)cc4)nc32)[C@H](O)[C@@H]1O.[Cl-]. The zero-order chi connectivity index (χ0) is 25.8. The van der Waals surface area contributed by atoms with Gasteiger partial charge in [0.15, 0.2) is 23.8 Å². The van der Waals surface area contributed by atoms with Crippen molar-refractivity contribution in [2.75, 3.05) is 24.1 Å². The molecule has 0 bridgehead atoms. The third-order valence-corrected chi connectivity index (χ3v) is 5.92. The molecule has 0 radical (unpaired) electrons. The van der Waals surface area contributed by atoms with E-state index in [1.807, 2.05) is 24.3 Å². The Balaban J connectivity index is 0.00000380. The zero-order valence-corrected chi connectivity index (χ0v) is 20.8. The van der Waals surface area contributed by atoms with Crippen LogP contribution >= 0.6 is 0 Å². The summed E-state index contributed by atoms with van der Waals surface area (Å²) >= 11 is 0. The van der Waals surface area contributed by atoms with E-state index in [0.717, 1.165) is 11.1 Å². The number of nitrogen functional groups attached to an aromatic ring is 1. The number of carboxylic acid groups (broad SMARTS) is 1. The number of rotatable bonds is 10. The van der Waals surface area contributed by atoms with Gasteiger partial charge >= 0.3 is 5.97 Å². The van der Waals surface area contributed by atoms with Crippen LogP contribution in [0.15, 0.2) is 30.6 Å². The summed E-state index contributed by atoms with van der Waals surface area (Å²) in [5.41, 5.74) is 8.65. The van der Waals surface area contributed by atoms with Gasteiger partial charge in [-0.2, -0.15) is 9.97 Å². The number of imidazole rings is 1. The molecular formula is C23H29ClN7O6-. The summed E-state index contributed by atoms with van der Waals surface area (Å²) in [4.78, 5) is 35.8. The lowest BCUT2D eigenvalue weighted by Gasteiger charge is -2.16. The number of amides is 1. The number of ether oxygens (including phenoxy) is 1. The van der Waals surface area contributed by atoms with Gasteiger partial charge in [0, 0.05) is 19.5 Å². The van der Waals surface area contributed by atoms with Gasteiger partial charge in [-0.1, -0.05) is 24.3 Å². The van der Waals surface area contributed by atoms with Crippen molar-refractivity contribution in [3.63, 3.8) is 0 Å². The highest BCUT2D eigenvalue weighted by Gasteiger charge is 2.47. The fourth-order valence-corrected chi connectivity index (χ4v) is 4.03. The average Bonchev–Trinajstić information content (AvgIpc) is 3.40. The number of hydrogen-bond acceptors (Lipinski definition) is 10. The molecule has 3 aromatic rings. The van der Waals surface area contributed by atoms with Crippen molar-refractivity contribution in [3.05, 3.63) is 41.7 Å². The normalized spacial score (nSPS) is 20.9. The number of halogens is 1. The Morgan fingerprint density at radius 2 is 1.78 bits per heavy atom. The first-order valence-electron chi connectivity index (χ1n) is 11.6. The standard InChI is InChI=1S/C23H29N7O6.ClH/c1-2-25-21(35)18-16(33)17(34)22(36-18)30-11-27-15-19(24)28-23(29-20(15)30)26-10-9-13-5-3-12(4-6-13)7-8-14(31)32;/h3-6,11,16-18,22,33-34H,2,7-10H2,1H3,(H,25,35)(H,31,32)(H3,24,26,28,29);1H/p-1/t16-,17+,18-,22+;/m0./s1. The fourth-order valence-electron chi connectivity index (χ4n) is 4.03. The number of hydrogen-bond donors (Lipinski definition) is 6. The largest absolute Gasteiger partial charge is 1.00 e. The number of carbonyl (C=O) groups excluding carboxylic acids is 1. The molecule has 1 amide bonds. The summed E-state index contributed by atoms with van der Waals surface area (Å²) in [5, 5.41) is 35.4. The van der Waals surface area contributed by atoms with Crippen LogP contribution in [-0.4, -0.2) is 78.1 Å². The van der Waals surface area contributed by atoms with E-state index in [2.05, 4.69) is 25.6 Å². The molecule has 1 aromatic carbocycles. The first-order chi connectivity index (χ1) is 17.3. The number of benzene rings is 1. The molecule has 7 N–H and O–H groups in total. The lowest BCUT2D eigenvalue weighted by Crippen LogP contribution is -3.00. The molecule has 37 heavy (non-hydrogen) atoms. The number of nitrogens with two attached hydrogens (primary N) is 1. The second kappa shape index (κ2) is 12.1. The molecule has 1 aliphatic rings. The summed E-state index contributed by atoms with van der Waals surface area (Å²) in [6.45, 7) is 2.59. The molecule has 3 heterocycles. The van der Waals surface area contributed by atoms with Crippen LogP contribution in [0.5, 0.6) is 0 Å². The Morgan fingerprint density at radius 3 is 2.43 bits per heavy atom. The van der Waals surface area contributed by atoms with E-state index in [0.29, 0.717) is 31.4 Å². The number of aromatic nitrogens is 4. The van der Waals surface area contributed by atoms with Crippen LogP contribution in [0.25, 0.3) is 11.2 Å². The van der Waals surface area contributed by atoms with E-state index >= 15 is 0 Å². The van der Waals surface area contributed by atoms with E-state index in [1.165, 1.54) is 10.9 Å². The van der Waals surface area contributed by atoms with Crippen LogP contribution < -0.4 is 28.8 Å². The third kappa shape index (κ3) is 6.25. The Labute approximate surface area is 218 Å². The molecular weight excluding hydrogens is 506 g/mol. The molecule has 0 saturated carbocycles. The molecule has 0 spiro atoms. The molecule has 0 unspecified atom stereocenters. The van der Waals surface area contributed by atoms with Gasteiger partial charge in [0.05, 0.1) is 6.33 Å². The van der Waals surface area contributed by atoms with Crippen LogP contribution in [0.2, 0.25) is 0 Å². The highest BCUT2D eigenvalue weighted by molar-refractivity contribution is 5.83. The molecule has 4 rings (SSSR count). The minimum atomic E-state index is -1.42. The van der Waals surface area contributed by atoms with Gasteiger partial charge in [-0.15, -0.1) is 0 Å². The lowest BCUT2D eigenvalue weighted by molar-refractivity contribution is -0.138. The van der Waals surface area contributed by atoms with Crippen molar-refractivity contribution < 1.29 is 42.1 Å². The number of carbonyl (C=O) groups is 2. The number of carboxylic acids is 1. The summed E-state index contributed by atoms with van der Waals surface area (Å²) in [7, 11) is 0.